The molecule has 1 saturated heterocycles. The van der Waals surface area contributed by atoms with E-state index in [1.807, 2.05) is 12.4 Å². The van der Waals surface area contributed by atoms with Gasteiger partial charge in [0.2, 0.25) is 0 Å². The van der Waals surface area contributed by atoms with Crippen LogP contribution in [0.25, 0.3) is 0 Å². The van der Waals surface area contributed by atoms with Crippen LogP contribution in [-0.4, -0.2) is 46.3 Å². The van der Waals surface area contributed by atoms with Crippen LogP contribution in [0.15, 0.2) is 48.8 Å². The van der Waals surface area contributed by atoms with Crippen LogP contribution in [0.5, 0.6) is 0 Å². The number of carboxylic acid groups (broad SMARTS) is 2. The molecule has 0 amide bonds. The van der Waals surface area contributed by atoms with E-state index in [-0.39, 0.29) is 11.1 Å². The zero-order chi connectivity index (χ0) is 18.9. The maximum absolute atomic E-state index is 10.4. The van der Waals surface area contributed by atoms with Crippen molar-refractivity contribution in [1.82, 2.24) is 4.98 Å². The Morgan fingerprint density at radius 3 is 2.19 bits per heavy atom. The predicted octanol–water partition coefficient (Wildman–Crippen LogP) is 2.48. The number of aromatic nitrogens is 1. The number of carboxylic acids is 2. The molecule has 26 heavy (non-hydrogen) atoms. The maximum atomic E-state index is 10.4. The molecule has 138 valence electrons. The summed E-state index contributed by atoms with van der Waals surface area (Å²) in [6.45, 7) is 2.20. The van der Waals surface area contributed by atoms with Crippen molar-refractivity contribution in [3.05, 3.63) is 59.9 Å². The molecule has 0 spiro atoms. The smallest absolute Gasteiger partial charge is 0.335 e. The maximum Gasteiger partial charge on any atom is 0.335 e. The summed E-state index contributed by atoms with van der Waals surface area (Å²) < 4.78 is 0. The molecule has 0 saturated carbocycles. The van der Waals surface area contributed by atoms with Crippen molar-refractivity contribution in [2.45, 2.75) is 25.3 Å². The van der Waals surface area contributed by atoms with Gasteiger partial charge in [-0.1, -0.05) is 6.07 Å². The highest BCUT2D eigenvalue weighted by Gasteiger charge is 2.13. The lowest BCUT2D eigenvalue weighted by Crippen LogP contribution is -2.26. The van der Waals surface area contributed by atoms with Gasteiger partial charge in [0.15, 0.2) is 0 Å². The molecule has 7 nitrogen and oxygen atoms in total. The molecular weight excluding hydrogens is 334 g/mol. The molecule has 1 aliphatic rings. The van der Waals surface area contributed by atoms with E-state index in [0.717, 1.165) is 32.0 Å². The summed E-state index contributed by atoms with van der Waals surface area (Å²) in [5.74, 6) is -2.25. The molecule has 1 atom stereocenters. The molecule has 1 aromatic carbocycles. The molecule has 4 N–H and O–H groups in total. The predicted molar refractivity (Wildman–Crippen MR) is 98.6 cm³/mol. The van der Waals surface area contributed by atoms with E-state index in [4.69, 9.17) is 15.9 Å². The van der Waals surface area contributed by atoms with Crippen LogP contribution in [0, 0.1) is 0 Å². The number of rotatable bonds is 3. The Kier molecular flexibility index (Phi) is 7.11. The third kappa shape index (κ3) is 5.86. The van der Waals surface area contributed by atoms with E-state index < -0.39 is 11.9 Å². The number of hydrogen-bond acceptors (Lipinski definition) is 5. The first-order valence-corrected chi connectivity index (χ1v) is 8.44. The molecule has 2 heterocycles. The average molecular weight is 357 g/mol. The van der Waals surface area contributed by atoms with E-state index in [0.29, 0.717) is 6.04 Å². The molecule has 3 rings (SSSR count). The average Bonchev–Trinajstić information content (AvgIpc) is 2.87. The van der Waals surface area contributed by atoms with Gasteiger partial charge in [0.1, 0.15) is 0 Å². The van der Waals surface area contributed by atoms with E-state index in [1.54, 1.807) is 0 Å². The number of anilines is 1. The van der Waals surface area contributed by atoms with Crippen LogP contribution >= 0.6 is 0 Å². The van der Waals surface area contributed by atoms with Gasteiger partial charge in [0, 0.05) is 37.2 Å². The highest BCUT2D eigenvalue weighted by Crippen LogP contribution is 2.17. The summed E-state index contributed by atoms with van der Waals surface area (Å²) in [6.07, 6.45) is 7.15. The molecular formula is C19H23N3O4. The number of pyridine rings is 1. The van der Waals surface area contributed by atoms with Crippen molar-refractivity contribution in [2.75, 3.05) is 18.0 Å². The third-order valence-electron chi connectivity index (χ3n) is 4.16. The molecule has 0 aliphatic carbocycles. The Balaban J connectivity index is 0.000000190. The highest BCUT2D eigenvalue weighted by molar-refractivity contribution is 5.93. The van der Waals surface area contributed by atoms with Crippen molar-refractivity contribution in [1.29, 1.82) is 0 Å². The van der Waals surface area contributed by atoms with Crippen molar-refractivity contribution >= 4 is 17.6 Å². The van der Waals surface area contributed by atoms with Gasteiger partial charge in [-0.25, -0.2) is 9.59 Å². The van der Waals surface area contributed by atoms with Crippen LogP contribution in [0.3, 0.4) is 0 Å². The Bertz CT molecular complexity index is 707. The van der Waals surface area contributed by atoms with Crippen LogP contribution in [-0.2, 0) is 0 Å². The second-order valence-corrected chi connectivity index (χ2v) is 6.07. The zero-order valence-corrected chi connectivity index (χ0v) is 14.4. The van der Waals surface area contributed by atoms with Gasteiger partial charge in [-0.3, -0.25) is 4.98 Å². The van der Waals surface area contributed by atoms with Crippen LogP contribution in [0.4, 0.5) is 5.69 Å². The molecule has 0 bridgehead atoms. The van der Waals surface area contributed by atoms with Crippen LogP contribution in [0.2, 0.25) is 0 Å². The number of nitrogens with two attached hydrogens (primary N) is 1. The second-order valence-electron chi connectivity index (χ2n) is 6.07. The van der Waals surface area contributed by atoms with Gasteiger partial charge in [-0.05, 0) is 49.6 Å². The summed E-state index contributed by atoms with van der Waals surface area (Å²) in [7, 11) is 0. The van der Waals surface area contributed by atoms with Gasteiger partial charge >= 0.3 is 11.9 Å². The number of hydrogen-bond donors (Lipinski definition) is 3. The first kappa shape index (κ1) is 19.4. The van der Waals surface area contributed by atoms with E-state index >= 15 is 0 Å². The summed E-state index contributed by atoms with van der Waals surface area (Å²) in [4.78, 5) is 27.2. The highest BCUT2D eigenvalue weighted by atomic mass is 16.4. The van der Waals surface area contributed by atoms with Gasteiger partial charge in [-0.2, -0.15) is 0 Å². The summed E-state index contributed by atoms with van der Waals surface area (Å²) in [6, 6.07) is 9.72. The fraction of sp³-hybridized carbons (Fsp3) is 0.316. The lowest BCUT2D eigenvalue weighted by atomic mass is 10.1. The van der Waals surface area contributed by atoms with Crippen molar-refractivity contribution in [2.24, 2.45) is 5.73 Å². The molecule has 2 aromatic rings. The van der Waals surface area contributed by atoms with E-state index in [1.165, 1.54) is 30.3 Å². The fourth-order valence-corrected chi connectivity index (χ4v) is 2.72. The molecule has 7 heteroatoms. The number of aromatic carboxylic acids is 2. The minimum atomic E-state index is -1.13. The Morgan fingerprint density at radius 1 is 1.00 bits per heavy atom. The van der Waals surface area contributed by atoms with Crippen molar-refractivity contribution in [3.63, 3.8) is 0 Å². The Morgan fingerprint density at radius 2 is 1.62 bits per heavy atom. The van der Waals surface area contributed by atoms with Gasteiger partial charge in [-0.15, -0.1) is 0 Å². The normalized spacial score (nSPS) is 16.8. The Labute approximate surface area is 152 Å². The quantitative estimate of drug-likeness (QED) is 0.772. The van der Waals surface area contributed by atoms with Gasteiger partial charge < -0.3 is 20.8 Å². The molecule has 1 aromatic heterocycles. The SMILES string of the molecule is NC1CCCN(c2ccncc2)CC1.O=C(O)c1cccc(C(=O)O)c1. The van der Waals surface area contributed by atoms with Crippen LogP contribution < -0.4 is 10.6 Å². The number of carbonyl (C=O) groups is 2. The fourth-order valence-electron chi connectivity index (χ4n) is 2.72. The van der Waals surface area contributed by atoms with Crippen molar-refractivity contribution in [3.8, 4) is 0 Å². The van der Waals surface area contributed by atoms with Gasteiger partial charge in [0.25, 0.3) is 0 Å². The largest absolute Gasteiger partial charge is 0.478 e. The summed E-state index contributed by atoms with van der Waals surface area (Å²) >= 11 is 0. The van der Waals surface area contributed by atoms with Gasteiger partial charge in [0.05, 0.1) is 11.1 Å². The molecule has 1 aliphatic heterocycles. The standard InChI is InChI=1S/C11H17N3.C8H6O4/c12-10-2-1-8-14(9-5-10)11-3-6-13-7-4-11;9-7(10)5-2-1-3-6(4-5)8(11)12/h3-4,6-7,10H,1-2,5,8-9,12H2;1-4H,(H,9,10)(H,11,12). The van der Waals surface area contributed by atoms with Crippen LogP contribution in [0.1, 0.15) is 40.0 Å². The molecule has 1 fully saturated rings. The topological polar surface area (TPSA) is 117 Å². The minimum Gasteiger partial charge on any atom is -0.478 e. The molecule has 1 unspecified atom stereocenters. The zero-order valence-electron chi connectivity index (χ0n) is 14.4. The van der Waals surface area contributed by atoms with E-state index in [2.05, 4.69) is 22.0 Å². The number of benzene rings is 1. The summed E-state index contributed by atoms with van der Waals surface area (Å²) in [5.41, 5.74) is 7.17. The number of nitrogens with zero attached hydrogens (tertiary/aromatic N) is 2. The Hall–Kier alpha value is -2.93. The van der Waals surface area contributed by atoms with Crippen molar-refractivity contribution < 1.29 is 19.8 Å². The monoisotopic (exact) mass is 357 g/mol. The minimum absolute atomic E-state index is 0.0186. The van der Waals surface area contributed by atoms with E-state index in [9.17, 15) is 9.59 Å². The molecule has 0 radical (unpaired) electrons. The summed E-state index contributed by atoms with van der Waals surface area (Å²) in [5, 5.41) is 17.0. The lowest BCUT2D eigenvalue weighted by molar-refractivity contribution is 0.0696. The third-order valence-corrected chi connectivity index (χ3v) is 4.16. The second kappa shape index (κ2) is 9.53. The first-order valence-electron chi connectivity index (χ1n) is 8.44. The lowest BCUT2D eigenvalue weighted by Gasteiger charge is -2.22. The first-order chi connectivity index (χ1) is 12.5.